The lowest BCUT2D eigenvalue weighted by molar-refractivity contribution is -0.137. The van der Waals surface area contributed by atoms with Gasteiger partial charge in [-0.2, -0.15) is 8.78 Å². The minimum atomic E-state index is -3.21. The molecule has 0 spiro atoms. The molecule has 1 aliphatic rings. The Morgan fingerprint density at radius 1 is 1.17 bits per heavy atom. The molecule has 0 saturated heterocycles. The van der Waals surface area contributed by atoms with Gasteiger partial charge in [0.05, 0.1) is 12.2 Å². The van der Waals surface area contributed by atoms with Crippen LogP contribution in [0.1, 0.15) is 32.1 Å². The smallest absolute Gasteiger partial charge is 0.303 e. The van der Waals surface area contributed by atoms with Crippen LogP contribution in [0.15, 0.2) is 54.6 Å². The fourth-order valence-electron chi connectivity index (χ4n) is 3.45. The Bertz CT molecular complexity index is 690. The van der Waals surface area contributed by atoms with Crippen LogP contribution >= 0.6 is 0 Å². The molecular formula is C22H28F2O5. The number of aliphatic carboxylic acids is 1. The Morgan fingerprint density at radius 2 is 1.90 bits per heavy atom. The molecule has 1 aromatic rings. The first-order valence-electron chi connectivity index (χ1n) is 9.76. The van der Waals surface area contributed by atoms with Crippen molar-refractivity contribution in [2.75, 3.05) is 6.61 Å². The first-order valence-corrected chi connectivity index (χ1v) is 9.76. The van der Waals surface area contributed by atoms with Crippen molar-refractivity contribution in [3.8, 4) is 5.75 Å². The second kappa shape index (κ2) is 11.1. The number of carboxylic acid groups (broad SMARTS) is 1. The van der Waals surface area contributed by atoms with E-state index in [4.69, 9.17) is 9.84 Å². The number of para-hydroxylation sites is 1. The summed E-state index contributed by atoms with van der Waals surface area (Å²) in [5.74, 6) is -4.67. The summed E-state index contributed by atoms with van der Waals surface area (Å²) < 4.78 is 33.4. The molecule has 160 valence electrons. The van der Waals surface area contributed by atoms with Crippen LogP contribution in [0.5, 0.6) is 5.75 Å². The van der Waals surface area contributed by atoms with Crippen molar-refractivity contribution in [1.82, 2.24) is 0 Å². The number of alkyl halides is 2. The summed E-state index contributed by atoms with van der Waals surface area (Å²) in [6.07, 6.45) is 5.73. The standard InChI is InChI=1S/C22H28F2O5/c23-22(24,15-29-16-8-4-3-5-9-16)13-12-18-17(19(25)14-20(18)26)10-6-1-2-7-11-21(27)28/h1,3-6,8-9,12-13,17-20,25-26H,2,7,10-11,14-15H2,(H,27,28)/b6-1-,13-12+/t17-,18+,19-,20-/m1/s1. The van der Waals surface area contributed by atoms with Gasteiger partial charge in [0.1, 0.15) is 5.75 Å². The van der Waals surface area contributed by atoms with E-state index in [9.17, 15) is 23.8 Å². The van der Waals surface area contributed by atoms with Gasteiger partial charge in [0, 0.05) is 18.8 Å². The molecule has 3 N–H and O–H groups in total. The number of hydrogen-bond acceptors (Lipinski definition) is 4. The van der Waals surface area contributed by atoms with Gasteiger partial charge in [-0.3, -0.25) is 4.79 Å². The zero-order chi connectivity index (χ0) is 21.3. The third kappa shape index (κ3) is 7.95. The van der Waals surface area contributed by atoms with E-state index in [1.54, 1.807) is 30.3 Å². The summed E-state index contributed by atoms with van der Waals surface area (Å²) in [5.41, 5.74) is 0. The second-order valence-electron chi connectivity index (χ2n) is 7.33. The number of halogens is 2. The first kappa shape index (κ1) is 23.0. The van der Waals surface area contributed by atoms with E-state index in [1.165, 1.54) is 6.08 Å². The largest absolute Gasteiger partial charge is 0.487 e. The van der Waals surface area contributed by atoms with Crippen molar-refractivity contribution in [2.24, 2.45) is 11.8 Å². The van der Waals surface area contributed by atoms with Gasteiger partial charge in [-0.1, -0.05) is 36.4 Å². The molecule has 0 amide bonds. The lowest BCUT2D eigenvalue weighted by Gasteiger charge is -2.20. The Balaban J connectivity index is 1.89. The van der Waals surface area contributed by atoms with Crippen molar-refractivity contribution < 1.29 is 33.6 Å². The molecule has 4 atom stereocenters. The summed E-state index contributed by atoms with van der Waals surface area (Å²) >= 11 is 0. The van der Waals surface area contributed by atoms with Gasteiger partial charge in [0.2, 0.25) is 0 Å². The number of allylic oxidation sites excluding steroid dienone is 2. The quantitative estimate of drug-likeness (QED) is 0.381. The van der Waals surface area contributed by atoms with E-state index >= 15 is 0 Å². The Labute approximate surface area is 169 Å². The molecule has 5 nitrogen and oxygen atoms in total. The Morgan fingerprint density at radius 3 is 2.59 bits per heavy atom. The third-order valence-corrected chi connectivity index (χ3v) is 4.99. The number of unbranched alkanes of at least 4 members (excludes halogenated alkanes) is 1. The van der Waals surface area contributed by atoms with E-state index in [0.717, 1.165) is 6.08 Å². The van der Waals surface area contributed by atoms with Crippen molar-refractivity contribution in [3.05, 3.63) is 54.6 Å². The van der Waals surface area contributed by atoms with E-state index in [2.05, 4.69) is 0 Å². The van der Waals surface area contributed by atoms with Gasteiger partial charge < -0.3 is 20.1 Å². The lowest BCUT2D eigenvalue weighted by atomic mass is 9.89. The zero-order valence-corrected chi connectivity index (χ0v) is 16.2. The summed E-state index contributed by atoms with van der Waals surface area (Å²) in [6, 6.07) is 8.34. The predicted molar refractivity (Wildman–Crippen MR) is 105 cm³/mol. The molecule has 0 radical (unpaired) electrons. The molecule has 0 aromatic heterocycles. The molecular weight excluding hydrogens is 382 g/mol. The number of benzene rings is 1. The van der Waals surface area contributed by atoms with Crippen LogP contribution < -0.4 is 4.74 Å². The molecule has 0 heterocycles. The molecule has 29 heavy (non-hydrogen) atoms. The number of aliphatic hydroxyl groups excluding tert-OH is 2. The van der Waals surface area contributed by atoms with Gasteiger partial charge in [-0.25, -0.2) is 0 Å². The average Bonchev–Trinajstić information content (AvgIpc) is 2.94. The highest BCUT2D eigenvalue weighted by Crippen LogP contribution is 2.37. The van der Waals surface area contributed by atoms with Crippen LogP contribution in [0, 0.1) is 11.8 Å². The highest BCUT2D eigenvalue weighted by atomic mass is 19.3. The number of ether oxygens (including phenoxy) is 1. The predicted octanol–water partition coefficient (Wildman–Crippen LogP) is 3.82. The van der Waals surface area contributed by atoms with Crippen LogP contribution in [-0.4, -0.2) is 46.0 Å². The molecule has 0 unspecified atom stereocenters. The fraction of sp³-hybridized carbons (Fsp3) is 0.500. The van der Waals surface area contributed by atoms with Crippen molar-refractivity contribution in [3.63, 3.8) is 0 Å². The maximum Gasteiger partial charge on any atom is 0.303 e. The molecule has 1 fully saturated rings. The topological polar surface area (TPSA) is 87.0 Å². The molecule has 1 aromatic carbocycles. The SMILES string of the molecule is O=C(O)CCC/C=C\C[C@@H]1[C@H](/C=C/C(F)(F)COc2ccccc2)[C@H](O)C[C@H]1O. The molecule has 0 aliphatic heterocycles. The van der Waals surface area contributed by atoms with Crippen LogP contribution in [0.2, 0.25) is 0 Å². The molecule has 0 bridgehead atoms. The maximum absolute atomic E-state index is 14.2. The summed E-state index contributed by atoms with van der Waals surface area (Å²) in [5, 5.41) is 28.9. The van der Waals surface area contributed by atoms with Gasteiger partial charge >= 0.3 is 5.97 Å². The monoisotopic (exact) mass is 410 g/mol. The van der Waals surface area contributed by atoms with Crippen molar-refractivity contribution in [2.45, 2.75) is 50.2 Å². The highest BCUT2D eigenvalue weighted by Gasteiger charge is 2.40. The van der Waals surface area contributed by atoms with Crippen LogP contribution in [0.4, 0.5) is 8.78 Å². The normalized spacial score (nSPS) is 25.1. The van der Waals surface area contributed by atoms with E-state index in [0.29, 0.717) is 25.0 Å². The summed E-state index contributed by atoms with van der Waals surface area (Å²) in [4.78, 5) is 10.5. The van der Waals surface area contributed by atoms with Gasteiger partial charge in [-0.15, -0.1) is 0 Å². The summed E-state index contributed by atoms with van der Waals surface area (Å²) in [6.45, 7) is -0.812. The van der Waals surface area contributed by atoms with Crippen molar-refractivity contribution >= 4 is 5.97 Å². The van der Waals surface area contributed by atoms with E-state index < -0.39 is 36.6 Å². The van der Waals surface area contributed by atoms with Crippen LogP contribution in [0.25, 0.3) is 0 Å². The maximum atomic E-state index is 14.2. The fourth-order valence-corrected chi connectivity index (χ4v) is 3.45. The lowest BCUT2D eigenvalue weighted by Crippen LogP contribution is -2.25. The number of hydrogen-bond donors (Lipinski definition) is 3. The minimum absolute atomic E-state index is 0.0839. The van der Waals surface area contributed by atoms with Gasteiger partial charge in [-0.05, 0) is 43.4 Å². The Kier molecular flexibility index (Phi) is 8.79. The second-order valence-corrected chi connectivity index (χ2v) is 7.33. The van der Waals surface area contributed by atoms with Crippen LogP contribution in [-0.2, 0) is 4.79 Å². The number of rotatable bonds is 11. The highest BCUT2D eigenvalue weighted by molar-refractivity contribution is 5.66. The summed E-state index contributed by atoms with van der Waals surface area (Å²) in [7, 11) is 0. The zero-order valence-electron chi connectivity index (χ0n) is 16.2. The van der Waals surface area contributed by atoms with Gasteiger partial charge in [0.25, 0.3) is 5.92 Å². The number of carboxylic acids is 1. The minimum Gasteiger partial charge on any atom is -0.487 e. The molecule has 7 heteroatoms. The molecule has 1 aliphatic carbocycles. The van der Waals surface area contributed by atoms with Gasteiger partial charge in [0.15, 0.2) is 6.61 Å². The Hall–Kier alpha value is -2.25. The number of carbonyl (C=O) groups is 1. The number of aliphatic hydroxyl groups is 2. The van der Waals surface area contributed by atoms with E-state index in [-0.39, 0.29) is 18.8 Å². The molecule has 2 rings (SSSR count). The third-order valence-electron chi connectivity index (χ3n) is 4.99. The molecule has 1 saturated carbocycles. The van der Waals surface area contributed by atoms with Crippen molar-refractivity contribution in [1.29, 1.82) is 0 Å². The average molecular weight is 410 g/mol. The van der Waals surface area contributed by atoms with Crippen LogP contribution in [0.3, 0.4) is 0 Å². The first-order chi connectivity index (χ1) is 13.8. The van der Waals surface area contributed by atoms with E-state index in [1.807, 2.05) is 12.2 Å².